The molecule has 0 bridgehead atoms. The number of aromatic nitrogens is 3. The molecule has 1 amide bonds. The molecule has 146 valence electrons. The first-order chi connectivity index (χ1) is 14.0. The molecule has 0 aliphatic rings. The van der Waals surface area contributed by atoms with Gasteiger partial charge in [0.15, 0.2) is 5.65 Å². The van der Waals surface area contributed by atoms with Gasteiger partial charge in [0.1, 0.15) is 17.4 Å². The molecule has 2 aromatic heterocycles. The third-order valence-corrected chi connectivity index (χ3v) is 4.67. The Kier molecular flexibility index (Phi) is 5.14. The van der Waals surface area contributed by atoms with Crippen LogP contribution in [0.3, 0.4) is 0 Å². The minimum Gasteiger partial charge on any atom is -0.497 e. The Morgan fingerprint density at radius 3 is 2.86 bits per heavy atom. The van der Waals surface area contributed by atoms with E-state index in [4.69, 9.17) is 16.3 Å². The molecule has 0 saturated carbocycles. The van der Waals surface area contributed by atoms with Crippen molar-refractivity contribution in [2.75, 3.05) is 12.4 Å². The number of methoxy groups -OCH3 is 1. The van der Waals surface area contributed by atoms with Crippen molar-refractivity contribution in [3.63, 3.8) is 0 Å². The van der Waals surface area contributed by atoms with Crippen molar-refractivity contribution in [1.82, 2.24) is 14.4 Å². The van der Waals surface area contributed by atoms with Crippen LogP contribution in [0.15, 0.2) is 61.1 Å². The number of fused-ring (bicyclic) bond motifs is 1. The summed E-state index contributed by atoms with van der Waals surface area (Å²) in [4.78, 5) is 21.1. The summed E-state index contributed by atoms with van der Waals surface area (Å²) in [5.74, 6) is 0.511. The van der Waals surface area contributed by atoms with Crippen LogP contribution in [0.4, 0.5) is 10.2 Å². The largest absolute Gasteiger partial charge is 0.497 e. The molecule has 8 heteroatoms. The molecule has 0 saturated heterocycles. The molecule has 2 aromatic carbocycles. The maximum absolute atomic E-state index is 13.4. The van der Waals surface area contributed by atoms with Crippen molar-refractivity contribution in [2.45, 2.75) is 6.42 Å². The van der Waals surface area contributed by atoms with E-state index in [2.05, 4.69) is 15.3 Å². The summed E-state index contributed by atoms with van der Waals surface area (Å²) >= 11 is 5.87. The second-order valence-corrected chi connectivity index (χ2v) is 6.76. The van der Waals surface area contributed by atoms with Gasteiger partial charge in [0.05, 0.1) is 36.6 Å². The number of rotatable bonds is 5. The number of ether oxygens (including phenoxy) is 1. The molecule has 0 atom stereocenters. The average Bonchev–Trinajstić information content (AvgIpc) is 3.12. The van der Waals surface area contributed by atoms with Crippen LogP contribution in [0.25, 0.3) is 16.9 Å². The average molecular weight is 411 g/mol. The molecular weight excluding hydrogens is 395 g/mol. The van der Waals surface area contributed by atoms with Crippen LogP contribution in [-0.4, -0.2) is 27.4 Å². The third-order valence-electron chi connectivity index (χ3n) is 4.38. The van der Waals surface area contributed by atoms with Gasteiger partial charge in [0, 0.05) is 11.8 Å². The van der Waals surface area contributed by atoms with Crippen LogP contribution in [-0.2, 0) is 11.2 Å². The normalized spacial score (nSPS) is 10.9. The number of amides is 1. The Balaban J connectivity index is 1.58. The fraction of sp³-hybridized carbons (Fsp3) is 0.0952. The molecule has 1 N–H and O–H groups in total. The van der Waals surface area contributed by atoms with Gasteiger partial charge in [-0.15, -0.1) is 0 Å². The van der Waals surface area contributed by atoms with Gasteiger partial charge in [-0.1, -0.05) is 23.7 Å². The number of carbonyl (C=O) groups is 1. The van der Waals surface area contributed by atoms with Gasteiger partial charge in [0.2, 0.25) is 5.91 Å². The van der Waals surface area contributed by atoms with E-state index >= 15 is 0 Å². The Morgan fingerprint density at radius 1 is 1.21 bits per heavy atom. The fourth-order valence-electron chi connectivity index (χ4n) is 2.94. The van der Waals surface area contributed by atoms with Crippen molar-refractivity contribution in [1.29, 1.82) is 0 Å². The predicted molar refractivity (Wildman–Crippen MR) is 109 cm³/mol. The highest BCUT2D eigenvalue weighted by Gasteiger charge is 2.11. The van der Waals surface area contributed by atoms with E-state index in [1.165, 1.54) is 12.1 Å². The molecule has 0 fully saturated rings. The lowest BCUT2D eigenvalue weighted by atomic mass is 10.1. The SMILES string of the molecule is COc1cccc(CC(=O)Nc2cnc3cnc(-c4ccc(F)c(Cl)c4)cn23)c1. The Bertz CT molecular complexity index is 1210. The zero-order valence-electron chi connectivity index (χ0n) is 15.4. The first-order valence-electron chi connectivity index (χ1n) is 8.75. The highest BCUT2D eigenvalue weighted by molar-refractivity contribution is 6.31. The summed E-state index contributed by atoms with van der Waals surface area (Å²) in [5, 5.41) is 2.87. The van der Waals surface area contributed by atoms with E-state index in [1.54, 1.807) is 36.2 Å². The minimum atomic E-state index is -0.496. The summed E-state index contributed by atoms with van der Waals surface area (Å²) in [6.07, 6.45) is 5.04. The van der Waals surface area contributed by atoms with Crippen LogP contribution in [0, 0.1) is 5.82 Å². The quantitative estimate of drug-likeness (QED) is 0.530. The Hall–Kier alpha value is -3.45. The fourth-order valence-corrected chi connectivity index (χ4v) is 3.12. The number of nitrogens with one attached hydrogen (secondary N) is 1. The van der Waals surface area contributed by atoms with E-state index in [0.717, 1.165) is 5.56 Å². The molecule has 0 aliphatic carbocycles. The van der Waals surface area contributed by atoms with Crippen molar-refractivity contribution in [3.8, 4) is 17.0 Å². The second-order valence-electron chi connectivity index (χ2n) is 6.35. The van der Waals surface area contributed by atoms with E-state index in [0.29, 0.717) is 28.5 Å². The number of carbonyl (C=O) groups excluding carboxylic acids is 1. The standard InChI is InChI=1S/C21H16ClFN4O2/c1-29-15-4-2-3-13(7-15)8-21(28)26-20-11-25-19-10-24-18(12-27(19)20)14-5-6-17(23)16(22)9-14/h2-7,9-12H,8H2,1H3,(H,26,28). The summed E-state index contributed by atoms with van der Waals surface area (Å²) in [7, 11) is 1.58. The number of benzene rings is 2. The molecule has 29 heavy (non-hydrogen) atoms. The van der Waals surface area contributed by atoms with Gasteiger partial charge in [-0.05, 0) is 35.9 Å². The highest BCUT2D eigenvalue weighted by Crippen LogP contribution is 2.24. The summed E-state index contributed by atoms with van der Waals surface area (Å²) in [5.41, 5.74) is 2.62. The van der Waals surface area contributed by atoms with Crippen LogP contribution in [0.1, 0.15) is 5.56 Å². The second kappa shape index (κ2) is 7.89. The highest BCUT2D eigenvalue weighted by atomic mass is 35.5. The monoisotopic (exact) mass is 410 g/mol. The number of halogens is 2. The van der Waals surface area contributed by atoms with E-state index < -0.39 is 5.82 Å². The van der Waals surface area contributed by atoms with E-state index in [1.807, 2.05) is 24.3 Å². The summed E-state index contributed by atoms with van der Waals surface area (Å²) in [6.45, 7) is 0. The van der Waals surface area contributed by atoms with Gasteiger partial charge in [-0.3, -0.25) is 14.2 Å². The molecule has 2 heterocycles. The number of anilines is 1. The van der Waals surface area contributed by atoms with Crippen molar-refractivity contribution >= 4 is 29.0 Å². The number of nitrogens with zero attached hydrogens (tertiary/aromatic N) is 3. The lowest BCUT2D eigenvalue weighted by molar-refractivity contribution is -0.115. The summed E-state index contributed by atoms with van der Waals surface area (Å²) < 4.78 is 20.3. The van der Waals surface area contributed by atoms with Gasteiger partial charge in [-0.2, -0.15) is 0 Å². The van der Waals surface area contributed by atoms with Gasteiger partial charge >= 0.3 is 0 Å². The molecule has 4 rings (SSSR count). The maximum Gasteiger partial charge on any atom is 0.229 e. The van der Waals surface area contributed by atoms with Crippen molar-refractivity contribution < 1.29 is 13.9 Å². The predicted octanol–water partition coefficient (Wildman–Crippen LogP) is 4.38. The molecule has 0 aliphatic heterocycles. The van der Waals surface area contributed by atoms with Crippen LogP contribution in [0.2, 0.25) is 5.02 Å². The Labute approximate surface area is 170 Å². The summed E-state index contributed by atoms with van der Waals surface area (Å²) in [6, 6.07) is 11.7. The minimum absolute atomic E-state index is 0.0156. The molecule has 0 spiro atoms. The van der Waals surface area contributed by atoms with Crippen LogP contribution in [0.5, 0.6) is 5.75 Å². The zero-order chi connectivity index (χ0) is 20.4. The van der Waals surface area contributed by atoms with Gasteiger partial charge in [0.25, 0.3) is 0 Å². The molecule has 0 unspecified atom stereocenters. The lowest BCUT2D eigenvalue weighted by Gasteiger charge is -2.08. The first kappa shape index (κ1) is 18.9. The van der Waals surface area contributed by atoms with E-state index in [-0.39, 0.29) is 17.4 Å². The molecule has 6 nitrogen and oxygen atoms in total. The van der Waals surface area contributed by atoms with Crippen molar-refractivity contribution in [3.05, 3.63) is 77.5 Å². The van der Waals surface area contributed by atoms with Crippen LogP contribution < -0.4 is 10.1 Å². The molecule has 4 aromatic rings. The van der Waals surface area contributed by atoms with Gasteiger partial charge in [-0.25, -0.2) is 9.37 Å². The first-order valence-corrected chi connectivity index (χ1v) is 9.12. The van der Waals surface area contributed by atoms with Crippen molar-refractivity contribution in [2.24, 2.45) is 0 Å². The number of hydrogen-bond acceptors (Lipinski definition) is 4. The zero-order valence-corrected chi connectivity index (χ0v) is 16.2. The lowest BCUT2D eigenvalue weighted by Crippen LogP contribution is -2.15. The van der Waals surface area contributed by atoms with Crippen LogP contribution >= 0.6 is 11.6 Å². The third kappa shape index (κ3) is 4.05. The smallest absolute Gasteiger partial charge is 0.229 e. The van der Waals surface area contributed by atoms with Gasteiger partial charge < -0.3 is 10.1 Å². The topological polar surface area (TPSA) is 68.5 Å². The molecule has 0 radical (unpaired) electrons. The molecular formula is C21H16ClFN4O2. The van der Waals surface area contributed by atoms with E-state index in [9.17, 15) is 9.18 Å². The number of hydrogen-bond donors (Lipinski definition) is 1. The number of imidazole rings is 1. The maximum atomic E-state index is 13.4. The Morgan fingerprint density at radius 2 is 2.07 bits per heavy atom.